The Balaban J connectivity index is 1.71. The molecule has 0 spiro atoms. The topological polar surface area (TPSA) is 42.7 Å². The van der Waals surface area contributed by atoms with E-state index in [4.69, 9.17) is 0 Å². The summed E-state index contributed by atoms with van der Waals surface area (Å²) in [6, 6.07) is 8.83. The van der Waals surface area contributed by atoms with Gasteiger partial charge >= 0.3 is 0 Å². The quantitative estimate of drug-likeness (QED) is 0.877. The zero-order valence-corrected chi connectivity index (χ0v) is 10.2. The molecule has 92 valence electrons. The first-order chi connectivity index (χ1) is 8.92. The van der Waals surface area contributed by atoms with Crippen molar-refractivity contribution in [1.82, 2.24) is 15.0 Å². The lowest BCUT2D eigenvalue weighted by Crippen LogP contribution is -2.22. The van der Waals surface area contributed by atoms with Gasteiger partial charge in [0.05, 0.1) is 11.7 Å². The standard InChI is InChI=1S/C14H16N4/c1-2-4-12-11(3-1)14(7-8-15-12)18-9-13(16-17-18)10-5-6-10/h1-4,9-10,14-15H,5-8H2. The SMILES string of the molecule is c1ccc2c(c1)NCCC2n1cc(C2CC2)nn1. The summed E-state index contributed by atoms with van der Waals surface area (Å²) >= 11 is 0. The maximum Gasteiger partial charge on any atom is 0.0858 e. The maximum absolute atomic E-state index is 4.34. The van der Waals surface area contributed by atoms with E-state index < -0.39 is 0 Å². The van der Waals surface area contributed by atoms with Crippen LogP contribution in [-0.2, 0) is 0 Å². The number of hydrogen-bond acceptors (Lipinski definition) is 3. The van der Waals surface area contributed by atoms with Crippen molar-refractivity contribution in [2.24, 2.45) is 0 Å². The Morgan fingerprint density at radius 2 is 2.06 bits per heavy atom. The molecule has 18 heavy (non-hydrogen) atoms. The molecule has 2 aliphatic rings. The number of para-hydroxylation sites is 1. The van der Waals surface area contributed by atoms with Crippen LogP contribution in [0.1, 0.15) is 42.5 Å². The molecule has 0 radical (unpaired) electrons. The number of nitrogens with one attached hydrogen (secondary N) is 1. The number of benzene rings is 1. The molecule has 4 heteroatoms. The first kappa shape index (κ1) is 10.1. The van der Waals surface area contributed by atoms with E-state index in [1.54, 1.807) is 0 Å². The van der Waals surface area contributed by atoms with Gasteiger partial charge in [0.2, 0.25) is 0 Å². The predicted octanol–water partition coefficient (Wildman–Crippen LogP) is 2.56. The van der Waals surface area contributed by atoms with Crippen molar-refractivity contribution in [3.8, 4) is 0 Å². The molecule has 2 heterocycles. The molecular weight excluding hydrogens is 224 g/mol. The summed E-state index contributed by atoms with van der Waals surface area (Å²) in [6.07, 6.45) is 5.78. The molecule has 1 atom stereocenters. The van der Waals surface area contributed by atoms with Gasteiger partial charge in [-0.3, -0.25) is 0 Å². The van der Waals surface area contributed by atoms with E-state index in [1.165, 1.54) is 29.8 Å². The van der Waals surface area contributed by atoms with Crippen LogP contribution in [0.3, 0.4) is 0 Å². The highest BCUT2D eigenvalue weighted by Crippen LogP contribution is 2.39. The molecule has 1 aliphatic carbocycles. The summed E-state index contributed by atoms with van der Waals surface area (Å²) in [5.41, 5.74) is 3.74. The van der Waals surface area contributed by atoms with Gasteiger partial charge in [-0.2, -0.15) is 0 Å². The van der Waals surface area contributed by atoms with Gasteiger partial charge in [-0.05, 0) is 30.9 Å². The van der Waals surface area contributed by atoms with E-state index in [0.717, 1.165) is 13.0 Å². The zero-order valence-electron chi connectivity index (χ0n) is 10.2. The first-order valence-electron chi connectivity index (χ1n) is 6.66. The number of anilines is 1. The number of nitrogens with zero attached hydrogens (tertiary/aromatic N) is 3. The number of hydrogen-bond donors (Lipinski definition) is 1. The average Bonchev–Trinajstić information content (AvgIpc) is 3.16. The Bertz CT molecular complexity index is 571. The van der Waals surface area contributed by atoms with Crippen molar-refractivity contribution >= 4 is 5.69 Å². The third kappa shape index (κ3) is 1.60. The van der Waals surface area contributed by atoms with Gasteiger partial charge < -0.3 is 5.32 Å². The molecule has 0 bridgehead atoms. The molecular formula is C14H16N4. The molecule has 1 N–H and O–H groups in total. The minimum atomic E-state index is 0.336. The molecule has 4 nitrogen and oxygen atoms in total. The van der Waals surface area contributed by atoms with Crippen LogP contribution in [0, 0.1) is 0 Å². The summed E-state index contributed by atoms with van der Waals surface area (Å²) in [6.45, 7) is 1.00. The van der Waals surface area contributed by atoms with Crippen molar-refractivity contribution in [2.45, 2.75) is 31.2 Å². The summed E-state index contributed by atoms with van der Waals surface area (Å²) in [5, 5.41) is 12.1. The van der Waals surface area contributed by atoms with Gasteiger partial charge in [0, 0.05) is 24.3 Å². The Morgan fingerprint density at radius 3 is 2.94 bits per heavy atom. The van der Waals surface area contributed by atoms with Crippen LogP contribution in [0.4, 0.5) is 5.69 Å². The molecule has 4 rings (SSSR count). The van der Waals surface area contributed by atoms with E-state index in [2.05, 4.69) is 46.1 Å². The van der Waals surface area contributed by atoms with Crippen LogP contribution < -0.4 is 5.32 Å². The minimum Gasteiger partial charge on any atom is -0.385 e. The van der Waals surface area contributed by atoms with Crippen LogP contribution in [0.25, 0.3) is 0 Å². The van der Waals surface area contributed by atoms with Crippen LogP contribution in [0.5, 0.6) is 0 Å². The van der Waals surface area contributed by atoms with Gasteiger partial charge in [0.15, 0.2) is 0 Å². The lowest BCUT2D eigenvalue weighted by atomic mass is 9.98. The molecule has 1 aromatic carbocycles. The summed E-state index contributed by atoms with van der Waals surface area (Å²) in [5.74, 6) is 0.677. The second-order valence-electron chi connectivity index (χ2n) is 5.22. The Hall–Kier alpha value is -1.84. The van der Waals surface area contributed by atoms with E-state index in [0.29, 0.717) is 12.0 Å². The third-order valence-corrected chi connectivity index (χ3v) is 3.90. The molecule has 1 aliphatic heterocycles. The lowest BCUT2D eigenvalue weighted by Gasteiger charge is -2.26. The highest BCUT2D eigenvalue weighted by Gasteiger charge is 2.28. The third-order valence-electron chi connectivity index (χ3n) is 3.90. The van der Waals surface area contributed by atoms with Crippen molar-refractivity contribution < 1.29 is 0 Å². The molecule has 1 aromatic heterocycles. The van der Waals surface area contributed by atoms with Crippen LogP contribution >= 0.6 is 0 Å². The lowest BCUT2D eigenvalue weighted by molar-refractivity contribution is 0.477. The summed E-state index contributed by atoms with van der Waals surface area (Å²) in [7, 11) is 0. The fourth-order valence-electron chi connectivity index (χ4n) is 2.73. The molecule has 2 aromatic rings. The Morgan fingerprint density at radius 1 is 1.17 bits per heavy atom. The smallest absolute Gasteiger partial charge is 0.0858 e. The Kier molecular flexibility index (Phi) is 2.15. The highest BCUT2D eigenvalue weighted by atomic mass is 15.4. The second kappa shape index (κ2) is 3.83. The van der Waals surface area contributed by atoms with E-state index in [9.17, 15) is 0 Å². The van der Waals surface area contributed by atoms with Crippen LogP contribution in [0.15, 0.2) is 30.5 Å². The van der Waals surface area contributed by atoms with E-state index >= 15 is 0 Å². The van der Waals surface area contributed by atoms with Crippen LogP contribution in [-0.4, -0.2) is 21.5 Å². The molecule has 0 amide bonds. The second-order valence-corrected chi connectivity index (χ2v) is 5.22. The van der Waals surface area contributed by atoms with Crippen molar-refractivity contribution in [2.75, 3.05) is 11.9 Å². The fraction of sp³-hybridized carbons (Fsp3) is 0.429. The van der Waals surface area contributed by atoms with E-state index in [-0.39, 0.29) is 0 Å². The fourth-order valence-corrected chi connectivity index (χ4v) is 2.73. The molecule has 0 saturated heterocycles. The van der Waals surface area contributed by atoms with Crippen LogP contribution in [0.2, 0.25) is 0 Å². The average molecular weight is 240 g/mol. The van der Waals surface area contributed by atoms with Gasteiger partial charge in [0.1, 0.15) is 0 Å². The first-order valence-corrected chi connectivity index (χ1v) is 6.66. The zero-order chi connectivity index (χ0) is 11.9. The van der Waals surface area contributed by atoms with Gasteiger partial charge in [0.25, 0.3) is 0 Å². The monoisotopic (exact) mass is 240 g/mol. The van der Waals surface area contributed by atoms with E-state index in [1.807, 2.05) is 4.68 Å². The molecule has 1 saturated carbocycles. The van der Waals surface area contributed by atoms with Gasteiger partial charge in [-0.1, -0.05) is 23.4 Å². The number of fused-ring (bicyclic) bond motifs is 1. The summed E-state index contributed by atoms with van der Waals surface area (Å²) < 4.78 is 2.05. The minimum absolute atomic E-state index is 0.336. The van der Waals surface area contributed by atoms with Crippen molar-refractivity contribution in [3.05, 3.63) is 41.7 Å². The van der Waals surface area contributed by atoms with Crippen molar-refractivity contribution in [1.29, 1.82) is 0 Å². The molecule has 1 unspecified atom stereocenters. The summed E-state index contributed by atoms with van der Waals surface area (Å²) in [4.78, 5) is 0. The van der Waals surface area contributed by atoms with Gasteiger partial charge in [-0.15, -0.1) is 5.10 Å². The highest BCUT2D eigenvalue weighted by molar-refractivity contribution is 5.54. The molecule has 1 fully saturated rings. The number of aromatic nitrogens is 3. The normalized spacial score (nSPS) is 22.3. The largest absolute Gasteiger partial charge is 0.385 e. The van der Waals surface area contributed by atoms with Crippen molar-refractivity contribution in [3.63, 3.8) is 0 Å². The maximum atomic E-state index is 4.34. The predicted molar refractivity (Wildman–Crippen MR) is 69.7 cm³/mol. The Labute approximate surface area is 106 Å². The van der Waals surface area contributed by atoms with Gasteiger partial charge in [-0.25, -0.2) is 4.68 Å². The number of rotatable bonds is 2.